The van der Waals surface area contributed by atoms with Crippen molar-refractivity contribution in [2.24, 2.45) is 0 Å². The lowest BCUT2D eigenvalue weighted by Gasteiger charge is -2.10. The van der Waals surface area contributed by atoms with E-state index in [0.717, 1.165) is 6.42 Å². The van der Waals surface area contributed by atoms with Gasteiger partial charge in [0.2, 0.25) is 0 Å². The third-order valence-corrected chi connectivity index (χ3v) is 3.16. The van der Waals surface area contributed by atoms with E-state index in [4.69, 9.17) is 4.74 Å². The first kappa shape index (κ1) is 17.9. The predicted molar refractivity (Wildman–Crippen MR) is 97.8 cm³/mol. The van der Waals surface area contributed by atoms with Gasteiger partial charge in [-0.15, -0.1) is 0 Å². The summed E-state index contributed by atoms with van der Waals surface area (Å²) in [6.07, 6.45) is 29.9. The Bertz CT molecular complexity index is 548. The van der Waals surface area contributed by atoms with Crippen LogP contribution in [0.5, 0.6) is 0 Å². The first-order valence-electron chi connectivity index (χ1n) is 7.68. The van der Waals surface area contributed by atoms with E-state index in [-0.39, 0.29) is 6.10 Å². The molecule has 1 aliphatic carbocycles. The molecule has 0 heterocycles. The molecule has 0 saturated heterocycles. The van der Waals surface area contributed by atoms with E-state index in [1.807, 2.05) is 50.3 Å². The van der Waals surface area contributed by atoms with Gasteiger partial charge in [0.15, 0.2) is 0 Å². The highest BCUT2D eigenvalue weighted by Crippen LogP contribution is 2.21. The van der Waals surface area contributed by atoms with Gasteiger partial charge in [-0.25, -0.2) is 0 Å². The number of allylic oxidation sites excluding steroid dienone is 14. The molecule has 0 bridgehead atoms. The average Bonchev–Trinajstić information content (AvgIpc) is 2.76. The van der Waals surface area contributed by atoms with Crippen LogP contribution in [0, 0.1) is 0 Å². The van der Waals surface area contributed by atoms with Crippen LogP contribution in [0.2, 0.25) is 0 Å². The maximum Gasteiger partial charge on any atom is 0.0942 e. The highest BCUT2D eigenvalue weighted by atomic mass is 16.5. The van der Waals surface area contributed by atoms with E-state index in [9.17, 15) is 0 Å². The predicted octanol–water partition coefficient (Wildman–Crippen LogP) is 5.63. The molecule has 0 fully saturated rings. The third kappa shape index (κ3) is 7.05. The van der Waals surface area contributed by atoms with Gasteiger partial charge in [-0.3, -0.25) is 0 Å². The number of ether oxygens (including phenoxy) is 1. The van der Waals surface area contributed by atoms with E-state index < -0.39 is 0 Å². The zero-order chi connectivity index (χ0) is 16.0. The normalized spacial score (nSPS) is 21.2. The Morgan fingerprint density at radius 1 is 1.00 bits per heavy atom. The highest BCUT2D eigenvalue weighted by molar-refractivity contribution is 5.46. The van der Waals surface area contributed by atoms with Crippen molar-refractivity contribution >= 4 is 0 Å². The molecule has 0 N–H and O–H groups in total. The van der Waals surface area contributed by atoms with Gasteiger partial charge in [0.05, 0.1) is 6.10 Å². The molecule has 1 unspecified atom stereocenters. The van der Waals surface area contributed by atoms with E-state index >= 15 is 0 Å². The monoisotopic (exact) mass is 294 g/mol. The van der Waals surface area contributed by atoms with Crippen LogP contribution in [-0.4, -0.2) is 13.2 Å². The Balaban J connectivity index is 2.92. The van der Waals surface area contributed by atoms with Gasteiger partial charge in [0.25, 0.3) is 0 Å². The van der Waals surface area contributed by atoms with Crippen molar-refractivity contribution in [1.82, 2.24) is 0 Å². The quantitative estimate of drug-likeness (QED) is 0.576. The summed E-state index contributed by atoms with van der Waals surface area (Å²) in [4.78, 5) is 0. The molecule has 1 nitrogen and oxygen atoms in total. The second kappa shape index (κ2) is 11.5. The van der Waals surface area contributed by atoms with Gasteiger partial charge in [-0.05, 0) is 37.5 Å². The van der Waals surface area contributed by atoms with Gasteiger partial charge in [-0.1, -0.05) is 79.0 Å². The summed E-state index contributed by atoms with van der Waals surface area (Å²) in [5.74, 6) is 0. The van der Waals surface area contributed by atoms with Crippen LogP contribution in [0.25, 0.3) is 0 Å². The van der Waals surface area contributed by atoms with Crippen molar-refractivity contribution in [1.29, 1.82) is 0 Å². The zero-order valence-electron chi connectivity index (χ0n) is 13.8. The lowest BCUT2D eigenvalue weighted by Crippen LogP contribution is -2.04. The van der Waals surface area contributed by atoms with Crippen molar-refractivity contribution < 1.29 is 4.74 Å². The fraction of sp³-hybridized carbons (Fsp3) is 0.238. The largest absolute Gasteiger partial charge is 0.373 e. The van der Waals surface area contributed by atoms with Crippen LogP contribution in [0.3, 0.4) is 0 Å². The van der Waals surface area contributed by atoms with Gasteiger partial charge >= 0.3 is 0 Å². The molecular formula is C21H26O. The number of methoxy groups -OCH3 is 1. The molecular weight excluding hydrogens is 268 g/mol. The molecule has 0 amide bonds. The first-order chi connectivity index (χ1) is 10.8. The fourth-order valence-electron chi connectivity index (χ4n) is 2.00. The van der Waals surface area contributed by atoms with Crippen LogP contribution in [0.15, 0.2) is 96.2 Å². The SMILES string of the molecule is C\C=C/C=C\C=C\C(\C=C1/CC=CC=C/C1=C/C=C\C)OC. The molecule has 1 rings (SSSR count). The van der Waals surface area contributed by atoms with Gasteiger partial charge in [0, 0.05) is 7.11 Å². The first-order valence-corrected chi connectivity index (χ1v) is 7.68. The summed E-state index contributed by atoms with van der Waals surface area (Å²) in [6.45, 7) is 4.03. The molecule has 0 aromatic carbocycles. The molecule has 0 aromatic rings. The van der Waals surface area contributed by atoms with Gasteiger partial charge in [0.1, 0.15) is 0 Å². The van der Waals surface area contributed by atoms with Gasteiger partial charge < -0.3 is 4.74 Å². The summed E-state index contributed by atoms with van der Waals surface area (Å²) in [7, 11) is 1.74. The molecule has 0 saturated carbocycles. The van der Waals surface area contributed by atoms with Crippen molar-refractivity contribution in [3.8, 4) is 0 Å². The molecule has 22 heavy (non-hydrogen) atoms. The number of rotatable bonds is 6. The van der Waals surface area contributed by atoms with E-state index in [1.165, 1.54) is 11.1 Å². The van der Waals surface area contributed by atoms with Crippen molar-refractivity contribution in [3.05, 3.63) is 96.2 Å². The Hall–Kier alpha value is -2.12. The average molecular weight is 294 g/mol. The van der Waals surface area contributed by atoms with Crippen LogP contribution < -0.4 is 0 Å². The molecule has 116 valence electrons. The Labute approximate surface area is 135 Å². The molecule has 1 aliphatic rings. The maximum absolute atomic E-state index is 5.54. The van der Waals surface area contributed by atoms with Crippen molar-refractivity contribution in [3.63, 3.8) is 0 Å². The summed E-state index contributed by atoms with van der Waals surface area (Å²) >= 11 is 0. The Kier molecular flexibility index (Phi) is 9.40. The second-order valence-corrected chi connectivity index (χ2v) is 4.83. The molecule has 0 aromatic heterocycles. The minimum Gasteiger partial charge on any atom is -0.373 e. The van der Waals surface area contributed by atoms with E-state index in [2.05, 4.69) is 48.6 Å². The van der Waals surface area contributed by atoms with Gasteiger partial charge in [-0.2, -0.15) is 0 Å². The molecule has 0 radical (unpaired) electrons. The standard InChI is InChI=1S/C21H26O/c1-4-6-8-9-13-17-21(22-3)18-20-16-12-10-11-15-19(20)14-7-5-2/h4-15,17-18,21H,16H2,1-3H3/b6-4-,7-5-,9-8-,17-13+,19-14-,20-18+. The zero-order valence-corrected chi connectivity index (χ0v) is 13.8. The number of hydrogen-bond acceptors (Lipinski definition) is 1. The maximum atomic E-state index is 5.54. The van der Waals surface area contributed by atoms with E-state index in [1.54, 1.807) is 7.11 Å². The summed E-state index contributed by atoms with van der Waals surface area (Å²) < 4.78 is 5.54. The van der Waals surface area contributed by atoms with E-state index in [0.29, 0.717) is 0 Å². The summed E-state index contributed by atoms with van der Waals surface area (Å²) in [5, 5.41) is 0. The topological polar surface area (TPSA) is 9.23 Å². The third-order valence-electron chi connectivity index (χ3n) is 3.16. The summed E-state index contributed by atoms with van der Waals surface area (Å²) in [6, 6.07) is 0. The Morgan fingerprint density at radius 2 is 1.77 bits per heavy atom. The Morgan fingerprint density at radius 3 is 2.50 bits per heavy atom. The van der Waals surface area contributed by atoms with Crippen LogP contribution in [-0.2, 0) is 4.74 Å². The van der Waals surface area contributed by atoms with Crippen molar-refractivity contribution in [2.75, 3.05) is 7.11 Å². The lowest BCUT2D eigenvalue weighted by molar-refractivity contribution is 0.177. The number of hydrogen-bond donors (Lipinski definition) is 0. The smallest absolute Gasteiger partial charge is 0.0942 e. The molecule has 0 aliphatic heterocycles. The molecule has 1 atom stereocenters. The van der Waals surface area contributed by atoms with Crippen LogP contribution in [0.1, 0.15) is 20.3 Å². The van der Waals surface area contributed by atoms with Crippen LogP contribution >= 0.6 is 0 Å². The summed E-state index contributed by atoms with van der Waals surface area (Å²) in [5.41, 5.74) is 2.50. The fourth-order valence-corrected chi connectivity index (χ4v) is 2.00. The minimum atomic E-state index is -0.0286. The van der Waals surface area contributed by atoms with Crippen molar-refractivity contribution in [2.45, 2.75) is 26.4 Å². The lowest BCUT2D eigenvalue weighted by atomic mass is 10.0. The van der Waals surface area contributed by atoms with Crippen LogP contribution in [0.4, 0.5) is 0 Å². The second-order valence-electron chi connectivity index (χ2n) is 4.83. The minimum absolute atomic E-state index is 0.0286. The highest BCUT2D eigenvalue weighted by Gasteiger charge is 2.06. The molecule has 1 heteroatoms. The molecule has 0 spiro atoms.